The number of guanidine groups is 2. The Hall–Kier alpha value is -3.46. The predicted octanol–water partition coefficient (Wildman–Crippen LogP) is 1.28. The third-order valence-electron chi connectivity index (χ3n) is 5.51. The number of aliphatic hydroxyl groups is 2. The van der Waals surface area contributed by atoms with Gasteiger partial charge < -0.3 is 39.8 Å². The van der Waals surface area contributed by atoms with Crippen LogP contribution >= 0.6 is 0 Å². The number of aliphatic hydroxyl groups excluding tert-OH is 2. The van der Waals surface area contributed by atoms with Crippen LogP contribution in [-0.4, -0.2) is 83.0 Å². The quantitative estimate of drug-likeness (QED) is 0.199. The maximum absolute atomic E-state index is 12.5. The Morgan fingerprint density at radius 2 is 1.52 bits per heavy atom. The molecule has 2 aliphatic rings. The fraction of sp³-hybridized carbons (Fsp3) is 0.615. The van der Waals surface area contributed by atoms with Gasteiger partial charge in [-0.3, -0.25) is 10.6 Å². The molecule has 14 nitrogen and oxygen atoms in total. The van der Waals surface area contributed by atoms with Crippen LogP contribution in [0.2, 0.25) is 0 Å². The van der Waals surface area contributed by atoms with Crippen molar-refractivity contribution in [3.8, 4) is 0 Å². The van der Waals surface area contributed by atoms with E-state index in [0.717, 1.165) is 5.56 Å². The van der Waals surface area contributed by atoms with Gasteiger partial charge in [-0.1, -0.05) is 30.3 Å². The van der Waals surface area contributed by atoms with E-state index in [9.17, 15) is 19.8 Å². The number of benzene rings is 1. The second-order valence-corrected chi connectivity index (χ2v) is 11.3. The minimum atomic E-state index is -1.55. The molecule has 0 saturated carbocycles. The predicted molar refractivity (Wildman–Crippen MR) is 145 cm³/mol. The van der Waals surface area contributed by atoms with E-state index < -0.39 is 47.4 Å². The van der Waals surface area contributed by atoms with Crippen molar-refractivity contribution in [1.29, 1.82) is 0 Å². The second-order valence-electron chi connectivity index (χ2n) is 11.3. The van der Waals surface area contributed by atoms with Gasteiger partial charge in [-0.2, -0.15) is 0 Å². The van der Waals surface area contributed by atoms with Gasteiger partial charge in [-0.15, -0.1) is 0 Å². The average Bonchev–Trinajstić information content (AvgIpc) is 3.19. The van der Waals surface area contributed by atoms with Crippen LogP contribution in [0.5, 0.6) is 0 Å². The van der Waals surface area contributed by atoms with Gasteiger partial charge in [-0.05, 0) is 47.1 Å². The zero-order valence-electron chi connectivity index (χ0n) is 23.7. The molecular weight excluding hydrogens is 524 g/mol. The molecule has 0 fully saturated rings. The summed E-state index contributed by atoms with van der Waals surface area (Å²) in [5, 5.41) is 31.7. The molecule has 0 aromatic heterocycles. The third-order valence-corrected chi connectivity index (χ3v) is 5.51. The Bertz CT molecular complexity index is 1080. The van der Waals surface area contributed by atoms with Gasteiger partial charge in [0.25, 0.3) is 0 Å². The van der Waals surface area contributed by atoms with E-state index in [2.05, 4.69) is 31.3 Å². The molecule has 2 heterocycles. The van der Waals surface area contributed by atoms with Crippen LogP contribution in [-0.2, 0) is 25.6 Å². The first-order valence-corrected chi connectivity index (χ1v) is 12.9. The number of rotatable bonds is 8. The van der Waals surface area contributed by atoms with Gasteiger partial charge in [0.05, 0.1) is 6.61 Å². The lowest BCUT2D eigenvalue weighted by Crippen LogP contribution is -2.76. The van der Waals surface area contributed by atoms with Crippen molar-refractivity contribution < 1.29 is 38.7 Å². The highest BCUT2D eigenvalue weighted by molar-refractivity contribution is 5.98. The molecule has 0 bridgehead atoms. The molecule has 1 unspecified atom stereocenters. The number of nitrogens with one attached hydrogen (secondary N) is 4. The number of amides is 2. The lowest BCUT2D eigenvalue weighted by atomic mass is 9.90. The molecule has 0 aliphatic carbocycles. The first kappa shape index (κ1) is 31.1. The molecule has 222 valence electrons. The van der Waals surface area contributed by atoms with Crippen LogP contribution in [0.15, 0.2) is 40.3 Å². The highest BCUT2D eigenvalue weighted by Crippen LogP contribution is 2.30. The molecule has 0 saturated heterocycles. The van der Waals surface area contributed by atoms with Crippen LogP contribution in [0.3, 0.4) is 0 Å². The van der Waals surface area contributed by atoms with E-state index in [1.54, 1.807) is 41.5 Å². The third kappa shape index (κ3) is 8.78. The van der Waals surface area contributed by atoms with Gasteiger partial charge in [0.15, 0.2) is 11.9 Å². The van der Waals surface area contributed by atoms with Crippen molar-refractivity contribution in [3.63, 3.8) is 0 Å². The van der Waals surface area contributed by atoms with E-state index >= 15 is 0 Å². The summed E-state index contributed by atoms with van der Waals surface area (Å²) in [6.45, 7) is 9.99. The Labute approximate surface area is 233 Å². The number of alkyl carbamates (subject to hydrolysis) is 2. The summed E-state index contributed by atoms with van der Waals surface area (Å²) >= 11 is 0. The van der Waals surface area contributed by atoms with Crippen molar-refractivity contribution in [1.82, 2.24) is 21.3 Å². The lowest BCUT2D eigenvalue weighted by molar-refractivity contribution is -0.117. The van der Waals surface area contributed by atoms with Crippen LogP contribution < -0.4 is 21.3 Å². The molecule has 6 N–H and O–H groups in total. The Morgan fingerprint density at radius 1 is 0.975 bits per heavy atom. The first-order chi connectivity index (χ1) is 18.7. The number of hydrogen-bond donors (Lipinski definition) is 6. The molecule has 3 rings (SSSR count). The summed E-state index contributed by atoms with van der Waals surface area (Å²) in [4.78, 5) is 33.9. The van der Waals surface area contributed by atoms with Gasteiger partial charge in [0.2, 0.25) is 11.9 Å². The maximum Gasteiger partial charge on any atom is 0.414 e. The molecule has 0 radical (unpaired) electrons. The van der Waals surface area contributed by atoms with E-state index in [1.165, 1.54) is 0 Å². The fourth-order valence-electron chi connectivity index (χ4n) is 3.98. The molecule has 1 aromatic carbocycles. The number of hydrogen-bond acceptors (Lipinski definition) is 12. The van der Waals surface area contributed by atoms with E-state index in [4.69, 9.17) is 18.9 Å². The minimum absolute atomic E-state index is 0.0312. The largest absolute Gasteiger partial charge is 0.444 e. The Balaban J connectivity index is 1.85. The van der Waals surface area contributed by atoms with E-state index in [1.807, 2.05) is 30.3 Å². The smallest absolute Gasteiger partial charge is 0.414 e. The summed E-state index contributed by atoms with van der Waals surface area (Å²) in [5.74, 6) is -0.118. The molecule has 0 spiro atoms. The molecule has 2 aliphatic heterocycles. The second kappa shape index (κ2) is 12.8. The highest BCUT2D eigenvalue weighted by atomic mass is 16.7. The van der Waals surface area contributed by atoms with Crippen LogP contribution in [0.4, 0.5) is 9.59 Å². The molecule has 2 amide bonds. The topological polar surface area (TPSA) is 184 Å². The number of aliphatic imine (C=N–C) groups is 2. The Kier molecular flexibility index (Phi) is 9.95. The summed E-state index contributed by atoms with van der Waals surface area (Å²) in [5.41, 5.74) is -2.17. The molecule has 1 aromatic rings. The van der Waals surface area contributed by atoms with E-state index in [-0.39, 0.29) is 38.3 Å². The van der Waals surface area contributed by atoms with Crippen LogP contribution in [0, 0.1) is 0 Å². The summed E-state index contributed by atoms with van der Waals surface area (Å²) in [6, 6.07) is 8.52. The highest BCUT2D eigenvalue weighted by Gasteiger charge is 2.57. The zero-order chi connectivity index (χ0) is 29.6. The number of carbonyl (C=O) groups is 2. The molecule has 4 atom stereocenters. The molecule has 40 heavy (non-hydrogen) atoms. The fourth-order valence-corrected chi connectivity index (χ4v) is 3.98. The average molecular weight is 565 g/mol. The number of ether oxygens (including phenoxy) is 4. The summed E-state index contributed by atoms with van der Waals surface area (Å²) in [6.07, 6.45) is -4.04. The van der Waals surface area contributed by atoms with Gasteiger partial charge in [-0.25, -0.2) is 19.6 Å². The minimum Gasteiger partial charge on any atom is -0.444 e. The standard InChI is InChI=1S/C26H40N6O8/c1-24(2,3)39-22(35)29-20-27-18-19(38-15-37-14-16-10-8-7-9-11-16)28-21(30-23(36)40-25(4,5)6)32-26(18,31-20)17(34)12-13-33/h7-11,17-19,33-34H,12-15H2,1-6H3,(H2,27,29,31,35)(H2,28,30,32,36)/t17?,18-,19-,26-/m1/s1. The van der Waals surface area contributed by atoms with Crippen molar-refractivity contribution in [2.75, 3.05) is 13.4 Å². The monoisotopic (exact) mass is 564 g/mol. The number of nitrogens with zero attached hydrogens (tertiary/aromatic N) is 2. The zero-order valence-corrected chi connectivity index (χ0v) is 23.7. The van der Waals surface area contributed by atoms with Crippen molar-refractivity contribution in [3.05, 3.63) is 35.9 Å². The van der Waals surface area contributed by atoms with Crippen molar-refractivity contribution >= 4 is 24.1 Å². The Morgan fingerprint density at radius 3 is 2.05 bits per heavy atom. The van der Waals surface area contributed by atoms with Gasteiger partial charge >= 0.3 is 12.2 Å². The maximum atomic E-state index is 12.5. The number of fused-ring (bicyclic) bond motifs is 1. The number of carbonyl (C=O) groups excluding carboxylic acids is 2. The first-order valence-electron chi connectivity index (χ1n) is 12.9. The van der Waals surface area contributed by atoms with Crippen LogP contribution in [0.1, 0.15) is 53.5 Å². The van der Waals surface area contributed by atoms with Crippen molar-refractivity contribution in [2.45, 2.75) is 89.8 Å². The van der Waals surface area contributed by atoms with E-state index in [0.29, 0.717) is 0 Å². The lowest BCUT2D eigenvalue weighted by Gasteiger charge is -2.44. The molecule has 14 heteroatoms. The summed E-state index contributed by atoms with van der Waals surface area (Å²) < 4.78 is 22.2. The van der Waals surface area contributed by atoms with Gasteiger partial charge in [0.1, 0.15) is 30.1 Å². The summed E-state index contributed by atoms with van der Waals surface area (Å²) in [7, 11) is 0. The normalized spacial score (nSPS) is 23.0. The van der Waals surface area contributed by atoms with Gasteiger partial charge in [0, 0.05) is 13.0 Å². The van der Waals surface area contributed by atoms with Crippen molar-refractivity contribution in [2.24, 2.45) is 9.98 Å². The SMILES string of the molecule is CC(C)(C)OC(=O)NC1=N[C@H](OCOCc2ccccc2)[C@H]2N=C(NC(=O)OC(C)(C)C)N[C@]2(C(O)CCO)N1. The van der Waals surface area contributed by atoms with Crippen LogP contribution in [0.25, 0.3) is 0 Å². The molecular formula is C26H40N6O8.